The van der Waals surface area contributed by atoms with E-state index in [0.717, 1.165) is 74.4 Å². The van der Waals surface area contributed by atoms with Crippen molar-refractivity contribution >= 4 is 11.0 Å². The molecule has 4 aromatic heterocycles. The standard InChI is InChI=1S/C34H34F4N8O2/c35-25-14-22(20-4-5-20)6-7-23(25)19-48-31-3-1-2-26(41-31)21-8-11-45(12-9-21)18-30-40-27-15-28(32-42-33(44-43-32)34(36,37)38)39-16-29(27)46(30)17-24-10-13-47-24/h1-3,6-7,14-16,20-21,24H,4-5,8-13,17-19H2,(H,42,43,44)/t24-/m0/s1. The number of alkyl halides is 3. The maximum atomic E-state index is 14.6. The number of benzene rings is 1. The van der Waals surface area contributed by atoms with Crippen molar-refractivity contribution in [1.82, 2.24) is 39.6 Å². The quantitative estimate of drug-likeness (QED) is 0.172. The van der Waals surface area contributed by atoms with Gasteiger partial charge in [-0.3, -0.25) is 9.88 Å². The van der Waals surface area contributed by atoms with E-state index in [-0.39, 0.29) is 36.0 Å². The van der Waals surface area contributed by atoms with Crippen molar-refractivity contribution in [3.05, 3.63) is 82.9 Å². The zero-order chi connectivity index (χ0) is 32.8. The summed E-state index contributed by atoms with van der Waals surface area (Å²) in [4.78, 5) is 18.6. The molecule has 0 unspecified atom stereocenters. The molecule has 3 aliphatic rings. The van der Waals surface area contributed by atoms with Crippen molar-refractivity contribution in [2.45, 2.75) is 75.9 Å². The number of pyridine rings is 2. The summed E-state index contributed by atoms with van der Waals surface area (Å²) in [5, 5.41) is 6.87. The predicted octanol–water partition coefficient (Wildman–Crippen LogP) is 6.39. The lowest BCUT2D eigenvalue weighted by Gasteiger charge is -2.32. The number of piperidine rings is 1. The molecule has 1 aromatic carbocycles. The molecule has 14 heteroatoms. The molecule has 48 heavy (non-hydrogen) atoms. The number of nitrogens with one attached hydrogen (secondary N) is 1. The van der Waals surface area contributed by atoms with Crippen LogP contribution in [0.15, 0.2) is 48.7 Å². The number of halogens is 4. The molecule has 0 spiro atoms. The van der Waals surface area contributed by atoms with Gasteiger partial charge >= 0.3 is 6.18 Å². The molecule has 6 heterocycles. The van der Waals surface area contributed by atoms with Crippen molar-refractivity contribution in [3.8, 4) is 17.4 Å². The Morgan fingerprint density at radius 3 is 2.50 bits per heavy atom. The molecule has 1 atom stereocenters. The zero-order valence-electron chi connectivity index (χ0n) is 26.1. The summed E-state index contributed by atoms with van der Waals surface area (Å²) in [6, 6.07) is 12.9. The van der Waals surface area contributed by atoms with Crippen LogP contribution in [0, 0.1) is 5.82 Å². The topological polar surface area (TPSA) is 107 Å². The number of likely N-dealkylation sites (tertiary alicyclic amines) is 1. The molecule has 10 nitrogen and oxygen atoms in total. The van der Waals surface area contributed by atoms with Crippen LogP contribution in [0.2, 0.25) is 0 Å². The van der Waals surface area contributed by atoms with Gasteiger partial charge in [-0.15, -0.1) is 10.2 Å². The largest absolute Gasteiger partial charge is 0.473 e. The van der Waals surface area contributed by atoms with E-state index < -0.39 is 12.0 Å². The average Bonchev–Trinajstić information content (AvgIpc) is 3.68. The number of nitrogens with zero attached hydrogens (tertiary/aromatic N) is 7. The van der Waals surface area contributed by atoms with Crippen molar-refractivity contribution in [3.63, 3.8) is 0 Å². The van der Waals surface area contributed by atoms with Gasteiger partial charge in [-0.05, 0) is 74.9 Å². The van der Waals surface area contributed by atoms with Gasteiger partial charge in [0.2, 0.25) is 11.7 Å². The second-order valence-corrected chi connectivity index (χ2v) is 12.9. The Labute approximate surface area is 273 Å². The number of aromatic nitrogens is 7. The Morgan fingerprint density at radius 2 is 1.79 bits per heavy atom. The molecule has 5 aromatic rings. The van der Waals surface area contributed by atoms with E-state index >= 15 is 0 Å². The second kappa shape index (κ2) is 12.5. The van der Waals surface area contributed by atoms with Crippen LogP contribution in [-0.2, 0) is 30.6 Å². The number of H-pyrrole nitrogens is 1. The fourth-order valence-electron chi connectivity index (χ4n) is 6.49. The van der Waals surface area contributed by atoms with Crippen molar-refractivity contribution in [1.29, 1.82) is 0 Å². The Balaban J connectivity index is 0.931. The molecule has 2 saturated heterocycles. The number of aromatic amines is 1. The van der Waals surface area contributed by atoms with Crippen LogP contribution in [-0.4, -0.2) is 65.4 Å². The van der Waals surface area contributed by atoms with Crippen LogP contribution in [0.3, 0.4) is 0 Å². The smallest absolute Gasteiger partial charge is 0.451 e. The van der Waals surface area contributed by atoms with E-state index in [1.807, 2.05) is 30.3 Å². The minimum absolute atomic E-state index is 0.0671. The highest BCUT2D eigenvalue weighted by atomic mass is 19.4. The number of ether oxygens (including phenoxy) is 2. The van der Waals surface area contributed by atoms with Crippen LogP contribution in [0.1, 0.15) is 72.4 Å². The van der Waals surface area contributed by atoms with Crippen LogP contribution in [0.4, 0.5) is 17.6 Å². The molecule has 1 aliphatic carbocycles. The molecule has 1 N–H and O–H groups in total. The van der Waals surface area contributed by atoms with E-state index in [9.17, 15) is 17.6 Å². The van der Waals surface area contributed by atoms with E-state index in [1.54, 1.807) is 18.3 Å². The Bertz CT molecular complexity index is 1930. The van der Waals surface area contributed by atoms with Crippen LogP contribution >= 0.6 is 0 Å². The number of hydrogen-bond acceptors (Lipinski definition) is 8. The fraction of sp³-hybridized carbons (Fsp3) is 0.441. The van der Waals surface area contributed by atoms with Gasteiger partial charge in [-0.1, -0.05) is 18.2 Å². The van der Waals surface area contributed by atoms with E-state index in [2.05, 4.69) is 29.6 Å². The minimum atomic E-state index is -4.63. The predicted molar refractivity (Wildman–Crippen MR) is 166 cm³/mol. The second-order valence-electron chi connectivity index (χ2n) is 12.9. The van der Waals surface area contributed by atoms with Gasteiger partial charge in [-0.2, -0.15) is 13.2 Å². The lowest BCUT2D eigenvalue weighted by Crippen LogP contribution is -2.35. The Morgan fingerprint density at radius 1 is 0.958 bits per heavy atom. The van der Waals surface area contributed by atoms with E-state index in [4.69, 9.17) is 19.4 Å². The Kier molecular flexibility index (Phi) is 8.07. The number of hydrogen-bond donors (Lipinski definition) is 1. The summed E-state index contributed by atoms with van der Waals surface area (Å²) >= 11 is 0. The molecule has 0 radical (unpaired) electrons. The highest BCUT2D eigenvalue weighted by molar-refractivity contribution is 5.78. The van der Waals surface area contributed by atoms with Crippen molar-refractivity contribution in [2.24, 2.45) is 0 Å². The van der Waals surface area contributed by atoms with Crippen LogP contribution < -0.4 is 4.74 Å². The summed E-state index contributed by atoms with van der Waals surface area (Å²) in [5.74, 6) is 0.621. The maximum Gasteiger partial charge on any atom is 0.451 e. The third-order valence-corrected chi connectivity index (χ3v) is 9.51. The summed E-state index contributed by atoms with van der Waals surface area (Å²) in [6.07, 6.45) is 2.09. The van der Waals surface area contributed by atoms with Crippen molar-refractivity contribution < 1.29 is 27.0 Å². The summed E-state index contributed by atoms with van der Waals surface area (Å²) in [5.41, 5.74) is 4.19. The molecule has 8 rings (SSSR count). The van der Waals surface area contributed by atoms with Gasteiger partial charge in [0.05, 0.1) is 36.4 Å². The molecule has 3 fully saturated rings. The van der Waals surface area contributed by atoms with Gasteiger partial charge in [0.15, 0.2) is 5.82 Å². The first-order valence-corrected chi connectivity index (χ1v) is 16.3. The molecule has 1 saturated carbocycles. The molecule has 0 bridgehead atoms. The normalized spacial score (nSPS) is 19.1. The van der Waals surface area contributed by atoms with Crippen molar-refractivity contribution in [2.75, 3.05) is 19.7 Å². The SMILES string of the molecule is Fc1cc(C2CC2)ccc1COc1cccc(C2CCN(Cc3nc4cc(-c5nnc(C(F)(F)F)[nH]5)ncc4n3C[C@@H]3CCO3)CC2)n1. The van der Waals surface area contributed by atoms with Gasteiger partial charge in [0.1, 0.15) is 23.9 Å². The zero-order valence-corrected chi connectivity index (χ0v) is 26.1. The molecular weight excluding hydrogens is 628 g/mol. The number of imidazole rings is 1. The highest BCUT2D eigenvalue weighted by Gasteiger charge is 2.36. The van der Waals surface area contributed by atoms with Crippen LogP contribution in [0.5, 0.6) is 5.88 Å². The molecule has 250 valence electrons. The fourth-order valence-corrected chi connectivity index (χ4v) is 6.49. The Hall–Kier alpha value is -4.43. The lowest BCUT2D eigenvalue weighted by atomic mass is 9.93. The van der Waals surface area contributed by atoms with E-state index in [1.165, 1.54) is 0 Å². The van der Waals surface area contributed by atoms with Gasteiger partial charge in [0, 0.05) is 29.8 Å². The summed E-state index contributed by atoms with van der Waals surface area (Å²) < 4.78 is 67.6. The first kappa shape index (κ1) is 30.9. The first-order chi connectivity index (χ1) is 23.3. The third-order valence-electron chi connectivity index (χ3n) is 9.51. The molecule has 2 aliphatic heterocycles. The summed E-state index contributed by atoms with van der Waals surface area (Å²) in [6.45, 7) is 3.74. The highest BCUT2D eigenvalue weighted by Crippen LogP contribution is 2.40. The van der Waals surface area contributed by atoms with Gasteiger partial charge in [0.25, 0.3) is 0 Å². The first-order valence-electron chi connectivity index (χ1n) is 16.3. The monoisotopic (exact) mass is 662 g/mol. The average molecular weight is 663 g/mol. The van der Waals surface area contributed by atoms with Gasteiger partial charge < -0.3 is 19.0 Å². The number of rotatable bonds is 10. The third kappa shape index (κ3) is 6.50. The lowest BCUT2D eigenvalue weighted by molar-refractivity contribution is -0.144. The molecule has 0 amide bonds. The van der Waals surface area contributed by atoms with Crippen LogP contribution in [0.25, 0.3) is 22.6 Å². The van der Waals surface area contributed by atoms with E-state index in [0.29, 0.717) is 36.0 Å². The minimum Gasteiger partial charge on any atom is -0.473 e. The summed E-state index contributed by atoms with van der Waals surface area (Å²) in [7, 11) is 0. The number of fused-ring (bicyclic) bond motifs is 1. The molecular formula is C34H34F4N8O2. The van der Waals surface area contributed by atoms with Gasteiger partial charge in [-0.25, -0.2) is 14.4 Å². The maximum absolute atomic E-state index is 14.6.